The molecule has 240 valence electrons. The third kappa shape index (κ3) is 49.6. The minimum atomic E-state index is -0.903. The molecular formula is C36H71O4Zn+. The summed E-state index contributed by atoms with van der Waals surface area (Å²) < 4.78 is 0. The molecule has 0 unspecified atom stereocenters. The maximum atomic E-state index is 10.3. The zero-order valence-corrected chi connectivity index (χ0v) is 31.0. The van der Waals surface area contributed by atoms with Gasteiger partial charge in [-0.2, -0.15) is 0 Å². The molecule has 0 radical (unpaired) electrons. The van der Waals surface area contributed by atoms with Crippen LogP contribution in [0.5, 0.6) is 0 Å². The van der Waals surface area contributed by atoms with Crippen molar-refractivity contribution in [2.75, 3.05) is 0 Å². The Bertz CT molecular complexity index is 454. The molecular weight excluding hydrogens is 562 g/mol. The van der Waals surface area contributed by atoms with Crippen LogP contribution in [-0.4, -0.2) is 17.0 Å². The van der Waals surface area contributed by atoms with Crippen LogP contribution >= 0.6 is 0 Å². The quantitative estimate of drug-likeness (QED) is 0.0591. The van der Waals surface area contributed by atoms with E-state index in [-0.39, 0.29) is 25.9 Å². The minimum absolute atomic E-state index is 0. The van der Waals surface area contributed by atoms with E-state index in [4.69, 9.17) is 5.11 Å². The molecule has 0 amide bonds. The van der Waals surface area contributed by atoms with Crippen LogP contribution in [-0.2, 0) is 29.1 Å². The molecule has 0 aliphatic carbocycles. The Balaban J connectivity index is -0.000000688. The first-order chi connectivity index (χ1) is 19.5. The van der Waals surface area contributed by atoms with Crippen molar-refractivity contribution in [2.45, 2.75) is 219 Å². The molecule has 0 fully saturated rings. The van der Waals surface area contributed by atoms with Gasteiger partial charge in [0.15, 0.2) is 0 Å². The molecule has 0 spiro atoms. The predicted molar refractivity (Wildman–Crippen MR) is 172 cm³/mol. The molecule has 0 saturated carbocycles. The van der Waals surface area contributed by atoms with Gasteiger partial charge in [0.1, 0.15) is 0 Å². The standard InChI is InChI=1S/2C18H36O2.Zn/c2*1-2-3-4-5-6-7-8-9-10-11-12-13-14-15-16-17-18(19)20;/h2*2-17H2,1H3,(H,19,20);/q;;+2/p-1. The molecule has 0 heterocycles. The van der Waals surface area contributed by atoms with Gasteiger partial charge in [-0.15, -0.1) is 0 Å². The van der Waals surface area contributed by atoms with Crippen molar-refractivity contribution in [3.8, 4) is 0 Å². The normalized spacial score (nSPS) is 10.6. The molecule has 0 aromatic carbocycles. The summed E-state index contributed by atoms with van der Waals surface area (Å²) in [6, 6.07) is 0. The third-order valence-electron chi connectivity index (χ3n) is 7.98. The van der Waals surface area contributed by atoms with Crippen LogP contribution in [0, 0.1) is 0 Å². The van der Waals surface area contributed by atoms with Gasteiger partial charge in [0.2, 0.25) is 0 Å². The van der Waals surface area contributed by atoms with E-state index < -0.39 is 11.9 Å². The predicted octanol–water partition coefficient (Wildman–Crippen LogP) is 11.3. The van der Waals surface area contributed by atoms with Crippen LogP contribution in [0.3, 0.4) is 0 Å². The van der Waals surface area contributed by atoms with E-state index in [1.54, 1.807) is 0 Å². The first kappa shape index (κ1) is 45.0. The van der Waals surface area contributed by atoms with Crippen molar-refractivity contribution in [1.29, 1.82) is 0 Å². The van der Waals surface area contributed by atoms with Crippen LogP contribution in [0.25, 0.3) is 0 Å². The largest absolute Gasteiger partial charge is 2.00 e. The summed E-state index contributed by atoms with van der Waals surface area (Å²) in [5.74, 6) is -1.56. The monoisotopic (exact) mass is 631 g/mol. The molecule has 0 bridgehead atoms. The second kappa shape index (κ2) is 41.7. The fourth-order valence-corrected chi connectivity index (χ4v) is 5.29. The number of rotatable bonds is 32. The van der Waals surface area contributed by atoms with Crippen LogP contribution in [0.4, 0.5) is 0 Å². The zero-order valence-electron chi connectivity index (χ0n) is 28.0. The summed E-state index contributed by atoms with van der Waals surface area (Å²) in [6.45, 7) is 4.54. The van der Waals surface area contributed by atoms with Gasteiger partial charge in [-0.25, -0.2) is 0 Å². The Hall–Kier alpha value is -0.437. The number of carboxylic acids is 2. The number of unbranched alkanes of at least 4 members (excludes halogenated alkanes) is 28. The van der Waals surface area contributed by atoms with Crippen molar-refractivity contribution in [2.24, 2.45) is 0 Å². The molecule has 0 aromatic heterocycles. The summed E-state index contributed by atoms with van der Waals surface area (Å²) in [5.41, 5.74) is 0. The molecule has 5 heteroatoms. The van der Waals surface area contributed by atoms with E-state index in [2.05, 4.69) is 13.8 Å². The Morgan fingerprint density at radius 1 is 0.390 bits per heavy atom. The van der Waals surface area contributed by atoms with Gasteiger partial charge >= 0.3 is 25.4 Å². The molecule has 0 atom stereocenters. The van der Waals surface area contributed by atoms with Crippen LogP contribution in [0.2, 0.25) is 0 Å². The Morgan fingerprint density at radius 2 is 0.585 bits per heavy atom. The van der Waals surface area contributed by atoms with Crippen molar-refractivity contribution in [3.05, 3.63) is 0 Å². The molecule has 0 aliphatic rings. The van der Waals surface area contributed by atoms with Gasteiger partial charge in [0, 0.05) is 12.4 Å². The Kier molecular flexibility index (Phi) is 45.8. The number of hydrogen-bond acceptors (Lipinski definition) is 3. The van der Waals surface area contributed by atoms with E-state index in [1.165, 1.54) is 167 Å². The van der Waals surface area contributed by atoms with Gasteiger partial charge in [0.25, 0.3) is 0 Å². The summed E-state index contributed by atoms with van der Waals surface area (Å²) in [5, 5.41) is 18.7. The topological polar surface area (TPSA) is 77.4 Å². The van der Waals surface area contributed by atoms with E-state index in [0.29, 0.717) is 6.42 Å². The molecule has 4 nitrogen and oxygen atoms in total. The van der Waals surface area contributed by atoms with Gasteiger partial charge in [0.05, 0.1) is 0 Å². The van der Waals surface area contributed by atoms with Gasteiger partial charge in [-0.05, 0) is 19.3 Å². The van der Waals surface area contributed by atoms with Crippen LogP contribution in [0.15, 0.2) is 0 Å². The Morgan fingerprint density at radius 3 is 0.780 bits per heavy atom. The fourth-order valence-electron chi connectivity index (χ4n) is 5.29. The summed E-state index contributed by atoms with van der Waals surface area (Å²) >= 11 is 0. The number of aliphatic carboxylic acids is 2. The van der Waals surface area contributed by atoms with Gasteiger partial charge in [-0.1, -0.05) is 194 Å². The SMILES string of the molecule is CCCCCCCCCCCCCCCCCC(=O)O.CCCCCCCCCCCCCCCCCC(=O)[O-].[Zn+2]. The van der Waals surface area contributed by atoms with E-state index in [9.17, 15) is 14.7 Å². The number of hydrogen-bond donors (Lipinski definition) is 1. The maximum absolute atomic E-state index is 10.3. The Labute approximate surface area is 269 Å². The van der Waals surface area contributed by atoms with Crippen LogP contribution in [0.1, 0.15) is 219 Å². The number of carbonyl (C=O) groups excluding carboxylic acids is 1. The number of carbonyl (C=O) groups is 2. The summed E-state index contributed by atoms with van der Waals surface area (Å²) in [7, 11) is 0. The molecule has 41 heavy (non-hydrogen) atoms. The average molecular weight is 633 g/mol. The maximum Gasteiger partial charge on any atom is 2.00 e. The minimum Gasteiger partial charge on any atom is -0.550 e. The third-order valence-corrected chi connectivity index (χ3v) is 7.98. The van der Waals surface area contributed by atoms with E-state index >= 15 is 0 Å². The second-order valence-corrected chi connectivity index (χ2v) is 12.2. The van der Waals surface area contributed by atoms with Gasteiger partial charge in [-0.3, -0.25) is 4.79 Å². The molecule has 0 saturated heterocycles. The van der Waals surface area contributed by atoms with Crippen molar-refractivity contribution in [3.63, 3.8) is 0 Å². The first-order valence-electron chi connectivity index (χ1n) is 18.0. The van der Waals surface area contributed by atoms with Gasteiger partial charge < -0.3 is 15.0 Å². The van der Waals surface area contributed by atoms with E-state index in [1.807, 2.05) is 0 Å². The summed E-state index contributed by atoms with van der Waals surface area (Å²) in [4.78, 5) is 20.6. The molecule has 0 aliphatic heterocycles. The van der Waals surface area contributed by atoms with Crippen molar-refractivity contribution in [1.82, 2.24) is 0 Å². The molecule has 0 rings (SSSR count). The van der Waals surface area contributed by atoms with Crippen molar-refractivity contribution >= 4 is 11.9 Å². The van der Waals surface area contributed by atoms with E-state index in [0.717, 1.165) is 25.7 Å². The molecule has 1 N–H and O–H groups in total. The summed E-state index contributed by atoms with van der Waals surface area (Å²) in [6.07, 6.45) is 40.1. The smallest absolute Gasteiger partial charge is 0.550 e. The average Bonchev–Trinajstić information content (AvgIpc) is 2.93. The molecule has 0 aromatic rings. The van der Waals surface area contributed by atoms with Crippen molar-refractivity contribution < 1.29 is 39.3 Å². The first-order valence-corrected chi connectivity index (χ1v) is 18.0. The fraction of sp³-hybridized carbons (Fsp3) is 0.944. The zero-order chi connectivity index (χ0) is 29.8. The second-order valence-electron chi connectivity index (χ2n) is 12.2. The van der Waals surface area contributed by atoms with Crippen LogP contribution < -0.4 is 5.11 Å². The number of carboxylic acid groups (broad SMARTS) is 2.